The molecule has 0 aromatic carbocycles. The minimum atomic E-state index is 0.448. The van der Waals surface area contributed by atoms with Gasteiger partial charge in [-0.3, -0.25) is 4.98 Å². The zero-order valence-electron chi connectivity index (χ0n) is 9.40. The quantitative estimate of drug-likeness (QED) is 0.671. The average molecular weight is 199 g/mol. The van der Waals surface area contributed by atoms with E-state index in [-0.39, 0.29) is 0 Å². The van der Waals surface area contributed by atoms with Crippen LogP contribution in [-0.4, -0.2) is 4.98 Å². The van der Waals surface area contributed by atoms with Crippen LogP contribution < -0.4 is 0 Å². The lowest BCUT2D eigenvalue weighted by Crippen LogP contribution is -1.95. The van der Waals surface area contributed by atoms with Crippen LogP contribution in [0.1, 0.15) is 19.4 Å². The molecular formula is C14H17N. The Morgan fingerprint density at radius 2 is 1.80 bits per heavy atom. The maximum absolute atomic E-state index is 4.01. The fourth-order valence-corrected chi connectivity index (χ4v) is 1.59. The first-order chi connectivity index (χ1) is 7.20. The first kappa shape index (κ1) is 11.4. The smallest absolute Gasteiger partial charge is 0.0273 e. The van der Waals surface area contributed by atoms with E-state index in [1.807, 2.05) is 24.3 Å². The first-order valence-corrected chi connectivity index (χ1v) is 5.10. The summed E-state index contributed by atoms with van der Waals surface area (Å²) in [6.45, 7) is 12.0. The molecule has 1 aromatic heterocycles. The Kier molecular flexibility index (Phi) is 4.04. The van der Waals surface area contributed by atoms with Crippen molar-refractivity contribution in [3.63, 3.8) is 0 Å². The van der Waals surface area contributed by atoms with Crippen LogP contribution in [0.5, 0.6) is 0 Å². The number of aromatic nitrogens is 1. The third-order valence-electron chi connectivity index (χ3n) is 2.35. The topological polar surface area (TPSA) is 12.9 Å². The molecule has 1 aromatic rings. The molecule has 0 saturated heterocycles. The van der Waals surface area contributed by atoms with Crippen LogP contribution in [-0.2, 0) is 0 Å². The predicted octanol–water partition coefficient (Wildman–Crippen LogP) is 3.86. The highest BCUT2D eigenvalue weighted by atomic mass is 14.6. The van der Waals surface area contributed by atoms with Gasteiger partial charge in [-0.05, 0) is 34.8 Å². The van der Waals surface area contributed by atoms with E-state index in [2.05, 4.69) is 32.0 Å². The minimum Gasteiger partial charge on any atom is -0.265 e. The molecule has 1 heteroatoms. The van der Waals surface area contributed by atoms with E-state index >= 15 is 0 Å². The molecule has 0 amide bonds. The molecule has 1 heterocycles. The second-order valence-corrected chi connectivity index (χ2v) is 3.67. The van der Waals surface area contributed by atoms with Crippen molar-refractivity contribution >= 4 is 5.57 Å². The lowest BCUT2D eigenvalue weighted by molar-refractivity contribution is 0.795. The van der Waals surface area contributed by atoms with Gasteiger partial charge in [0.15, 0.2) is 0 Å². The summed E-state index contributed by atoms with van der Waals surface area (Å²) < 4.78 is 0. The van der Waals surface area contributed by atoms with E-state index in [9.17, 15) is 0 Å². The number of allylic oxidation sites excluding steroid dienone is 4. The fourth-order valence-electron chi connectivity index (χ4n) is 1.59. The Morgan fingerprint density at radius 1 is 1.20 bits per heavy atom. The van der Waals surface area contributed by atoms with Gasteiger partial charge in [-0.25, -0.2) is 0 Å². The molecule has 1 rings (SSSR count). The van der Waals surface area contributed by atoms with Crippen LogP contribution in [0.4, 0.5) is 0 Å². The highest BCUT2D eigenvalue weighted by molar-refractivity contribution is 5.77. The summed E-state index contributed by atoms with van der Waals surface area (Å²) in [7, 11) is 0. The Morgan fingerprint density at radius 3 is 2.20 bits per heavy atom. The van der Waals surface area contributed by atoms with Crippen molar-refractivity contribution in [1.82, 2.24) is 4.98 Å². The summed E-state index contributed by atoms with van der Waals surface area (Å²) in [5, 5.41) is 0. The second-order valence-electron chi connectivity index (χ2n) is 3.67. The molecule has 0 unspecified atom stereocenters. The maximum Gasteiger partial charge on any atom is 0.0273 e. The molecule has 0 atom stereocenters. The number of rotatable bonds is 4. The first-order valence-electron chi connectivity index (χ1n) is 5.10. The average Bonchev–Trinajstić information content (AvgIpc) is 2.26. The van der Waals surface area contributed by atoms with E-state index < -0.39 is 0 Å². The van der Waals surface area contributed by atoms with Crippen molar-refractivity contribution in [1.29, 1.82) is 0 Å². The van der Waals surface area contributed by atoms with Gasteiger partial charge in [0, 0.05) is 12.4 Å². The largest absolute Gasteiger partial charge is 0.265 e. The molecule has 0 spiro atoms. The summed E-state index contributed by atoms with van der Waals surface area (Å²) in [6.07, 6.45) is 7.37. The van der Waals surface area contributed by atoms with E-state index in [1.165, 1.54) is 5.57 Å². The van der Waals surface area contributed by atoms with Gasteiger partial charge in [0.2, 0.25) is 0 Å². The van der Waals surface area contributed by atoms with Gasteiger partial charge in [-0.1, -0.05) is 39.2 Å². The third kappa shape index (κ3) is 2.66. The molecule has 15 heavy (non-hydrogen) atoms. The fraction of sp³-hybridized carbons (Fsp3) is 0.214. The number of pyridine rings is 1. The molecule has 78 valence electrons. The Bertz CT molecular complexity index is 372. The van der Waals surface area contributed by atoms with Gasteiger partial charge in [0.1, 0.15) is 0 Å². The molecule has 0 saturated carbocycles. The Balaban J connectivity index is 3.29. The van der Waals surface area contributed by atoms with Gasteiger partial charge in [-0.15, -0.1) is 0 Å². The lowest BCUT2D eigenvalue weighted by Gasteiger charge is -2.12. The molecule has 0 N–H and O–H groups in total. The zero-order valence-corrected chi connectivity index (χ0v) is 9.40. The summed E-state index contributed by atoms with van der Waals surface area (Å²) in [4.78, 5) is 4.01. The van der Waals surface area contributed by atoms with Crippen LogP contribution >= 0.6 is 0 Å². The summed E-state index contributed by atoms with van der Waals surface area (Å²) in [5.41, 5.74) is 3.50. The standard InChI is InChI=1S/C14H17N/c1-5-13(11(3)4)14(6-2)12-7-9-15-10-8-12/h5-11H,1-2H2,3-4H3/b14-13-. The van der Waals surface area contributed by atoms with Crippen molar-refractivity contribution in [2.24, 2.45) is 5.92 Å². The lowest BCUT2D eigenvalue weighted by atomic mass is 9.93. The van der Waals surface area contributed by atoms with Gasteiger partial charge in [0.05, 0.1) is 0 Å². The minimum absolute atomic E-state index is 0.448. The number of hydrogen-bond donors (Lipinski definition) is 0. The van der Waals surface area contributed by atoms with E-state index in [1.54, 1.807) is 12.4 Å². The Hall–Kier alpha value is -1.63. The van der Waals surface area contributed by atoms with E-state index in [0.29, 0.717) is 5.92 Å². The molecular weight excluding hydrogens is 182 g/mol. The van der Waals surface area contributed by atoms with Crippen LogP contribution in [0, 0.1) is 5.92 Å². The summed E-state index contributed by atoms with van der Waals surface area (Å²) in [6, 6.07) is 3.98. The highest BCUT2D eigenvalue weighted by Gasteiger charge is 2.06. The molecule has 0 aliphatic carbocycles. The molecule has 0 aliphatic rings. The van der Waals surface area contributed by atoms with Crippen LogP contribution in [0.3, 0.4) is 0 Å². The van der Waals surface area contributed by atoms with E-state index in [0.717, 1.165) is 11.1 Å². The Labute approximate surface area is 91.9 Å². The highest BCUT2D eigenvalue weighted by Crippen LogP contribution is 2.25. The number of nitrogens with zero attached hydrogens (tertiary/aromatic N) is 1. The van der Waals surface area contributed by atoms with Gasteiger partial charge >= 0.3 is 0 Å². The molecule has 0 bridgehead atoms. The maximum atomic E-state index is 4.01. The molecule has 1 nitrogen and oxygen atoms in total. The monoisotopic (exact) mass is 199 g/mol. The number of hydrogen-bond acceptors (Lipinski definition) is 1. The van der Waals surface area contributed by atoms with Crippen LogP contribution in [0.15, 0.2) is 55.4 Å². The van der Waals surface area contributed by atoms with Crippen molar-refractivity contribution in [3.05, 3.63) is 61.0 Å². The van der Waals surface area contributed by atoms with Gasteiger partial charge in [0.25, 0.3) is 0 Å². The van der Waals surface area contributed by atoms with Crippen molar-refractivity contribution in [2.45, 2.75) is 13.8 Å². The van der Waals surface area contributed by atoms with E-state index in [4.69, 9.17) is 0 Å². The summed E-state index contributed by atoms with van der Waals surface area (Å²) in [5.74, 6) is 0.448. The third-order valence-corrected chi connectivity index (χ3v) is 2.35. The predicted molar refractivity (Wildman–Crippen MR) is 66.4 cm³/mol. The van der Waals surface area contributed by atoms with Gasteiger partial charge < -0.3 is 0 Å². The van der Waals surface area contributed by atoms with Crippen molar-refractivity contribution in [2.75, 3.05) is 0 Å². The molecule has 0 fully saturated rings. The van der Waals surface area contributed by atoms with Crippen LogP contribution in [0.25, 0.3) is 5.57 Å². The summed E-state index contributed by atoms with van der Waals surface area (Å²) >= 11 is 0. The van der Waals surface area contributed by atoms with Crippen molar-refractivity contribution < 1.29 is 0 Å². The van der Waals surface area contributed by atoms with Gasteiger partial charge in [-0.2, -0.15) is 0 Å². The SMILES string of the molecule is C=C/C(=C(\C=C)C(C)C)c1ccncc1. The normalized spacial score (nSPS) is 12.2. The molecule has 0 radical (unpaired) electrons. The molecule has 0 aliphatic heterocycles. The second kappa shape index (κ2) is 5.30. The van der Waals surface area contributed by atoms with Crippen molar-refractivity contribution in [3.8, 4) is 0 Å². The van der Waals surface area contributed by atoms with Crippen LogP contribution in [0.2, 0.25) is 0 Å². The zero-order chi connectivity index (χ0) is 11.3.